The number of alkyl halides is 1. The first kappa shape index (κ1) is 8.20. The van der Waals surface area contributed by atoms with Gasteiger partial charge >= 0.3 is 0 Å². The van der Waals surface area contributed by atoms with Crippen molar-refractivity contribution in [1.29, 1.82) is 0 Å². The molecular weight excluding hydrogens is 210 g/mol. The average molecular weight is 215 g/mol. The van der Waals surface area contributed by atoms with Gasteiger partial charge in [-0.15, -0.1) is 0 Å². The molecule has 1 aromatic carbocycles. The zero-order valence-electron chi connectivity index (χ0n) is 5.58. The maximum atomic E-state index is 10.3. The first-order valence-corrected chi connectivity index (χ1v) is 4.08. The van der Waals surface area contributed by atoms with E-state index in [1.165, 1.54) is 6.07 Å². The standard InChI is InChI=1S/C7H5BrNO2/c8-5-6-3-1-2-4-7(6)9(10)11/h1-2,4H,5H2. The van der Waals surface area contributed by atoms with Gasteiger partial charge in [-0.05, 0) is 6.07 Å². The van der Waals surface area contributed by atoms with Crippen molar-refractivity contribution < 1.29 is 4.92 Å². The lowest BCUT2D eigenvalue weighted by Crippen LogP contribution is -1.92. The molecule has 0 saturated carbocycles. The van der Waals surface area contributed by atoms with Crippen LogP contribution < -0.4 is 0 Å². The van der Waals surface area contributed by atoms with E-state index in [4.69, 9.17) is 0 Å². The minimum Gasteiger partial charge on any atom is -0.258 e. The fourth-order valence-corrected chi connectivity index (χ4v) is 1.19. The monoisotopic (exact) mass is 214 g/mol. The molecule has 4 heteroatoms. The summed E-state index contributed by atoms with van der Waals surface area (Å²) < 4.78 is 0. The Kier molecular flexibility index (Phi) is 2.59. The lowest BCUT2D eigenvalue weighted by atomic mass is 10.2. The fraction of sp³-hybridized carbons (Fsp3) is 0.143. The number of halogens is 1. The Balaban J connectivity index is 3.12. The third-order valence-electron chi connectivity index (χ3n) is 1.25. The lowest BCUT2D eigenvalue weighted by molar-refractivity contribution is -0.385. The van der Waals surface area contributed by atoms with Gasteiger partial charge in [-0.1, -0.05) is 28.1 Å². The van der Waals surface area contributed by atoms with Crippen LogP contribution in [-0.2, 0) is 5.33 Å². The van der Waals surface area contributed by atoms with E-state index in [0.29, 0.717) is 10.9 Å². The van der Waals surface area contributed by atoms with Crippen LogP contribution in [0.5, 0.6) is 0 Å². The van der Waals surface area contributed by atoms with Gasteiger partial charge in [0.25, 0.3) is 5.69 Å². The third kappa shape index (κ3) is 1.77. The Hall–Kier alpha value is -0.900. The van der Waals surface area contributed by atoms with Crippen molar-refractivity contribution in [3.05, 3.63) is 39.9 Å². The van der Waals surface area contributed by atoms with Crippen molar-refractivity contribution in [2.75, 3.05) is 0 Å². The molecule has 0 saturated heterocycles. The minimum absolute atomic E-state index is 0.115. The van der Waals surface area contributed by atoms with E-state index in [0.717, 1.165) is 0 Å². The largest absolute Gasteiger partial charge is 0.274 e. The molecule has 0 aliphatic heterocycles. The first-order chi connectivity index (χ1) is 5.25. The number of nitro benzene ring substituents is 1. The van der Waals surface area contributed by atoms with Gasteiger partial charge in [0.2, 0.25) is 0 Å². The number of hydrogen-bond acceptors (Lipinski definition) is 2. The third-order valence-corrected chi connectivity index (χ3v) is 1.81. The van der Waals surface area contributed by atoms with E-state index < -0.39 is 4.92 Å². The molecule has 0 amide bonds. The van der Waals surface area contributed by atoms with Gasteiger partial charge in [-0.25, -0.2) is 0 Å². The van der Waals surface area contributed by atoms with Crippen LogP contribution in [0.3, 0.4) is 0 Å². The number of nitro groups is 1. The van der Waals surface area contributed by atoms with E-state index in [9.17, 15) is 10.1 Å². The van der Waals surface area contributed by atoms with Crippen molar-refractivity contribution >= 4 is 21.6 Å². The molecule has 0 bridgehead atoms. The minimum atomic E-state index is -0.410. The van der Waals surface area contributed by atoms with Crippen molar-refractivity contribution in [2.45, 2.75) is 5.33 Å². The molecule has 3 nitrogen and oxygen atoms in total. The van der Waals surface area contributed by atoms with E-state index in [1.54, 1.807) is 12.1 Å². The normalized spacial score (nSPS) is 9.55. The van der Waals surface area contributed by atoms with Gasteiger partial charge in [-0.2, -0.15) is 0 Å². The summed E-state index contributed by atoms with van der Waals surface area (Å²) in [4.78, 5) is 9.94. The molecular formula is C7H5BrNO2. The summed E-state index contributed by atoms with van der Waals surface area (Å²) in [6.45, 7) is 0. The predicted molar refractivity (Wildman–Crippen MR) is 44.6 cm³/mol. The second-order valence-electron chi connectivity index (χ2n) is 1.92. The van der Waals surface area contributed by atoms with Gasteiger partial charge in [0.05, 0.1) is 4.92 Å². The lowest BCUT2D eigenvalue weighted by Gasteiger charge is -1.95. The summed E-state index contributed by atoms with van der Waals surface area (Å²) in [5.41, 5.74) is 0.696. The molecule has 0 aliphatic rings. The zero-order valence-corrected chi connectivity index (χ0v) is 7.17. The van der Waals surface area contributed by atoms with Crippen LogP contribution in [-0.4, -0.2) is 4.92 Å². The second kappa shape index (κ2) is 3.48. The molecule has 0 aliphatic carbocycles. The van der Waals surface area contributed by atoms with E-state index in [-0.39, 0.29) is 5.69 Å². The van der Waals surface area contributed by atoms with Gasteiger partial charge in [0.1, 0.15) is 0 Å². The molecule has 1 radical (unpaired) electrons. The Morgan fingerprint density at radius 2 is 2.45 bits per heavy atom. The van der Waals surface area contributed by atoms with E-state index in [2.05, 4.69) is 22.0 Å². The van der Waals surface area contributed by atoms with Gasteiger partial charge in [-0.3, -0.25) is 10.1 Å². The van der Waals surface area contributed by atoms with Crippen LogP contribution in [0.25, 0.3) is 0 Å². The zero-order chi connectivity index (χ0) is 8.27. The van der Waals surface area contributed by atoms with Crippen molar-refractivity contribution in [2.24, 2.45) is 0 Å². The molecule has 1 rings (SSSR count). The van der Waals surface area contributed by atoms with Crippen LogP contribution in [0.2, 0.25) is 0 Å². The Bertz CT molecular complexity index is 275. The smallest absolute Gasteiger partial charge is 0.258 e. The second-order valence-corrected chi connectivity index (χ2v) is 2.49. The number of rotatable bonds is 2. The highest BCUT2D eigenvalue weighted by molar-refractivity contribution is 9.08. The first-order valence-electron chi connectivity index (χ1n) is 2.95. The van der Waals surface area contributed by atoms with Crippen molar-refractivity contribution in [3.63, 3.8) is 0 Å². The summed E-state index contributed by atoms with van der Waals surface area (Å²) in [5.74, 6) is 0. The number of nitrogens with zero attached hydrogens (tertiary/aromatic N) is 1. The maximum absolute atomic E-state index is 10.3. The molecule has 0 aromatic heterocycles. The Morgan fingerprint density at radius 1 is 1.73 bits per heavy atom. The maximum Gasteiger partial charge on any atom is 0.274 e. The SMILES string of the molecule is O=[N+]([O-])c1ccc[c]c1CBr. The van der Waals surface area contributed by atoms with Crippen molar-refractivity contribution in [1.82, 2.24) is 0 Å². The topological polar surface area (TPSA) is 43.1 Å². The van der Waals surface area contributed by atoms with Crippen molar-refractivity contribution in [3.8, 4) is 0 Å². The number of benzene rings is 1. The Labute approximate surface area is 72.3 Å². The van der Waals surface area contributed by atoms with Crippen LogP contribution in [0.1, 0.15) is 5.56 Å². The van der Waals surface area contributed by atoms with Crippen LogP contribution in [0.4, 0.5) is 5.69 Å². The molecule has 0 spiro atoms. The molecule has 0 fully saturated rings. The van der Waals surface area contributed by atoms with Crippen LogP contribution >= 0.6 is 15.9 Å². The highest BCUT2D eigenvalue weighted by atomic mass is 79.9. The van der Waals surface area contributed by atoms with E-state index in [1.807, 2.05) is 0 Å². The number of hydrogen-bond donors (Lipinski definition) is 0. The summed E-state index contributed by atoms with van der Waals surface area (Å²) in [5, 5.41) is 10.8. The quantitative estimate of drug-likeness (QED) is 0.431. The van der Waals surface area contributed by atoms with Gasteiger partial charge in [0, 0.05) is 17.0 Å². The fourth-order valence-electron chi connectivity index (χ4n) is 0.741. The molecule has 11 heavy (non-hydrogen) atoms. The van der Waals surface area contributed by atoms with Crippen LogP contribution in [0, 0.1) is 16.2 Å². The molecule has 0 heterocycles. The molecule has 57 valence electrons. The average Bonchev–Trinajstić information content (AvgIpc) is 2.04. The molecule has 0 unspecified atom stereocenters. The summed E-state index contributed by atoms with van der Waals surface area (Å²) >= 11 is 3.14. The highest BCUT2D eigenvalue weighted by Crippen LogP contribution is 2.18. The summed E-state index contributed by atoms with van der Waals surface area (Å²) in [7, 11) is 0. The van der Waals surface area contributed by atoms with E-state index >= 15 is 0 Å². The van der Waals surface area contributed by atoms with Gasteiger partial charge in [0.15, 0.2) is 0 Å². The van der Waals surface area contributed by atoms with Crippen LogP contribution in [0.15, 0.2) is 18.2 Å². The van der Waals surface area contributed by atoms with Gasteiger partial charge < -0.3 is 0 Å². The summed E-state index contributed by atoms with van der Waals surface area (Å²) in [6, 6.07) is 7.50. The molecule has 0 N–H and O–H groups in total. The molecule has 1 aromatic rings. The Morgan fingerprint density at radius 3 is 2.91 bits per heavy atom. The predicted octanol–water partition coefficient (Wildman–Crippen LogP) is 2.29. The molecule has 0 atom stereocenters. The highest BCUT2D eigenvalue weighted by Gasteiger charge is 2.09. The summed E-state index contributed by atoms with van der Waals surface area (Å²) in [6.07, 6.45) is 0.